The van der Waals surface area contributed by atoms with Crippen molar-refractivity contribution in [3.8, 4) is 0 Å². The lowest BCUT2D eigenvalue weighted by Gasteiger charge is -2.21. The van der Waals surface area contributed by atoms with Gasteiger partial charge in [0.25, 0.3) is 0 Å². The van der Waals surface area contributed by atoms with Crippen LogP contribution in [0.1, 0.15) is 30.1 Å². The Morgan fingerprint density at radius 1 is 1.21 bits per heavy atom. The molecule has 0 aliphatic carbocycles. The van der Waals surface area contributed by atoms with Gasteiger partial charge < -0.3 is 5.32 Å². The first-order valence-corrected chi connectivity index (χ1v) is 8.96. The van der Waals surface area contributed by atoms with Gasteiger partial charge in [0.05, 0.1) is 11.8 Å². The molecule has 2 aliphatic heterocycles. The van der Waals surface area contributed by atoms with Gasteiger partial charge in [-0.2, -0.15) is 11.8 Å². The largest absolute Gasteiger partial charge is 0.364 e. The van der Waals surface area contributed by atoms with E-state index in [0.717, 1.165) is 23.5 Å². The molecule has 1 saturated heterocycles. The number of hydrogen-bond donors (Lipinski definition) is 1. The molecule has 0 spiro atoms. The Balaban J connectivity index is 1.46. The lowest BCUT2D eigenvalue weighted by molar-refractivity contribution is 0.651. The van der Waals surface area contributed by atoms with Crippen LogP contribution in [-0.4, -0.2) is 29.3 Å². The molecule has 1 fully saturated rings. The van der Waals surface area contributed by atoms with Gasteiger partial charge in [-0.15, -0.1) is 0 Å². The highest BCUT2D eigenvalue weighted by Gasteiger charge is 2.22. The number of nitrogens with one attached hydrogen (secondary N) is 1. The SMILES string of the molecule is c1ccc(C2CN=C(NCC3CCCCS3)S2)cc1. The summed E-state index contributed by atoms with van der Waals surface area (Å²) in [6.07, 6.45) is 4.15. The highest BCUT2D eigenvalue weighted by atomic mass is 32.2. The molecule has 0 radical (unpaired) electrons. The number of rotatable bonds is 3. The van der Waals surface area contributed by atoms with Crippen molar-refractivity contribution in [1.82, 2.24) is 5.32 Å². The summed E-state index contributed by atoms with van der Waals surface area (Å²) in [5.41, 5.74) is 1.39. The summed E-state index contributed by atoms with van der Waals surface area (Å²) in [7, 11) is 0. The highest BCUT2D eigenvalue weighted by molar-refractivity contribution is 8.14. The van der Waals surface area contributed by atoms with E-state index in [4.69, 9.17) is 0 Å². The number of benzene rings is 1. The molecule has 0 saturated carbocycles. The average molecular weight is 292 g/mol. The molecule has 0 amide bonds. The molecule has 0 bridgehead atoms. The predicted octanol–water partition coefficient (Wildman–Crippen LogP) is 3.71. The monoisotopic (exact) mass is 292 g/mol. The first kappa shape index (κ1) is 13.4. The molecule has 102 valence electrons. The van der Waals surface area contributed by atoms with E-state index < -0.39 is 0 Å². The zero-order valence-electron chi connectivity index (χ0n) is 11.0. The molecule has 3 rings (SSSR count). The van der Waals surface area contributed by atoms with Crippen LogP contribution in [0.25, 0.3) is 0 Å². The summed E-state index contributed by atoms with van der Waals surface area (Å²) in [4.78, 5) is 4.64. The molecular weight excluding hydrogens is 272 g/mol. The van der Waals surface area contributed by atoms with Crippen molar-refractivity contribution in [1.29, 1.82) is 0 Å². The van der Waals surface area contributed by atoms with Crippen molar-refractivity contribution in [2.24, 2.45) is 4.99 Å². The molecule has 2 heterocycles. The minimum Gasteiger partial charge on any atom is -0.364 e. The van der Waals surface area contributed by atoms with Crippen molar-refractivity contribution in [3.63, 3.8) is 0 Å². The van der Waals surface area contributed by atoms with E-state index in [9.17, 15) is 0 Å². The summed E-state index contributed by atoms with van der Waals surface area (Å²) < 4.78 is 0. The molecule has 4 heteroatoms. The van der Waals surface area contributed by atoms with Crippen molar-refractivity contribution in [2.75, 3.05) is 18.8 Å². The third-order valence-electron chi connectivity index (χ3n) is 3.58. The zero-order chi connectivity index (χ0) is 12.9. The van der Waals surface area contributed by atoms with Crippen LogP contribution in [0, 0.1) is 0 Å². The molecule has 2 unspecified atom stereocenters. The maximum absolute atomic E-state index is 4.64. The third-order valence-corrected chi connectivity index (χ3v) is 6.18. The van der Waals surface area contributed by atoms with Gasteiger partial charge in [-0.05, 0) is 24.2 Å². The van der Waals surface area contributed by atoms with Gasteiger partial charge in [-0.25, -0.2) is 0 Å². The van der Waals surface area contributed by atoms with Crippen LogP contribution in [0.4, 0.5) is 0 Å². The van der Waals surface area contributed by atoms with Crippen molar-refractivity contribution < 1.29 is 0 Å². The van der Waals surface area contributed by atoms with Crippen LogP contribution in [0.5, 0.6) is 0 Å². The lowest BCUT2D eigenvalue weighted by atomic mass is 10.1. The van der Waals surface area contributed by atoms with Gasteiger partial charge in [0.15, 0.2) is 5.17 Å². The van der Waals surface area contributed by atoms with E-state index in [-0.39, 0.29) is 0 Å². The Labute approximate surface area is 123 Å². The number of nitrogens with zero attached hydrogens (tertiary/aromatic N) is 1. The fraction of sp³-hybridized carbons (Fsp3) is 0.533. The summed E-state index contributed by atoms with van der Waals surface area (Å²) in [6, 6.07) is 10.7. The average Bonchev–Trinajstić information content (AvgIpc) is 2.96. The standard InChI is InChI=1S/C15H20N2S2/c1-2-6-12(7-3-1)14-11-17-15(19-14)16-10-13-8-4-5-9-18-13/h1-3,6-7,13-14H,4-5,8-11H2,(H,16,17). The van der Waals surface area contributed by atoms with Gasteiger partial charge in [-0.3, -0.25) is 4.99 Å². The molecule has 1 N–H and O–H groups in total. The number of thioether (sulfide) groups is 2. The topological polar surface area (TPSA) is 24.4 Å². The summed E-state index contributed by atoms with van der Waals surface area (Å²) in [6.45, 7) is 1.99. The summed E-state index contributed by atoms with van der Waals surface area (Å²) in [5, 5.41) is 5.97. The lowest BCUT2D eigenvalue weighted by Crippen LogP contribution is -2.29. The maximum Gasteiger partial charge on any atom is 0.157 e. The van der Waals surface area contributed by atoms with Gasteiger partial charge in [0, 0.05) is 11.8 Å². The quantitative estimate of drug-likeness (QED) is 0.919. The Hall–Kier alpha value is -0.610. The Kier molecular flexibility index (Phi) is 4.72. The summed E-state index contributed by atoms with van der Waals surface area (Å²) in [5.74, 6) is 1.33. The van der Waals surface area contributed by atoms with Crippen LogP contribution >= 0.6 is 23.5 Å². The van der Waals surface area contributed by atoms with E-state index in [0.29, 0.717) is 5.25 Å². The number of hydrogen-bond acceptors (Lipinski definition) is 4. The van der Waals surface area contributed by atoms with Gasteiger partial charge in [0.2, 0.25) is 0 Å². The first-order chi connectivity index (χ1) is 9.42. The van der Waals surface area contributed by atoms with Crippen molar-refractivity contribution in [3.05, 3.63) is 35.9 Å². The molecule has 2 aliphatic rings. The Morgan fingerprint density at radius 2 is 2.11 bits per heavy atom. The Morgan fingerprint density at radius 3 is 2.89 bits per heavy atom. The predicted molar refractivity (Wildman–Crippen MR) is 87.2 cm³/mol. The van der Waals surface area contributed by atoms with Gasteiger partial charge in [-0.1, -0.05) is 48.5 Å². The van der Waals surface area contributed by atoms with E-state index >= 15 is 0 Å². The van der Waals surface area contributed by atoms with Crippen LogP contribution in [0.3, 0.4) is 0 Å². The fourth-order valence-corrected chi connectivity index (χ4v) is 4.75. The summed E-state index contributed by atoms with van der Waals surface area (Å²) >= 11 is 4.00. The van der Waals surface area contributed by atoms with Crippen LogP contribution < -0.4 is 5.32 Å². The molecule has 2 atom stereocenters. The van der Waals surface area contributed by atoms with Crippen LogP contribution in [-0.2, 0) is 0 Å². The van der Waals surface area contributed by atoms with E-state index in [1.807, 2.05) is 11.8 Å². The van der Waals surface area contributed by atoms with Gasteiger partial charge >= 0.3 is 0 Å². The zero-order valence-corrected chi connectivity index (χ0v) is 12.7. The number of amidine groups is 1. The third kappa shape index (κ3) is 3.69. The van der Waals surface area contributed by atoms with Gasteiger partial charge in [0.1, 0.15) is 0 Å². The minimum atomic E-state index is 0.503. The normalized spacial score (nSPS) is 27.1. The molecule has 2 nitrogen and oxygen atoms in total. The van der Waals surface area contributed by atoms with Crippen molar-refractivity contribution >= 4 is 28.7 Å². The molecule has 0 aromatic heterocycles. The van der Waals surface area contributed by atoms with Crippen LogP contribution in [0.2, 0.25) is 0 Å². The fourth-order valence-electron chi connectivity index (χ4n) is 2.48. The molecule has 1 aromatic carbocycles. The maximum atomic E-state index is 4.64. The van der Waals surface area contributed by atoms with Crippen molar-refractivity contribution in [2.45, 2.75) is 29.8 Å². The second kappa shape index (κ2) is 6.71. The smallest absolute Gasteiger partial charge is 0.157 e. The van der Waals surface area contributed by atoms with E-state index in [1.165, 1.54) is 30.6 Å². The molecule has 1 aromatic rings. The molecule has 19 heavy (non-hydrogen) atoms. The second-order valence-corrected chi connectivity index (χ2v) is 7.63. The Bertz CT molecular complexity index is 427. The van der Waals surface area contributed by atoms with E-state index in [2.05, 4.69) is 52.4 Å². The first-order valence-electron chi connectivity index (χ1n) is 7.03. The highest BCUT2D eigenvalue weighted by Crippen LogP contribution is 2.34. The second-order valence-electron chi connectivity index (χ2n) is 5.03. The molecular formula is C15H20N2S2. The van der Waals surface area contributed by atoms with E-state index in [1.54, 1.807) is 0 Å². The number of aliphatic imine (C=N–C) groups is 1. The minimum absolute atomic E-state index is 0.503. The van der Waals surface area contributed by atoms with Crippen LogP contribution in [0.15, 0.2) is 35.3 Å².